The van der Waals surface area contributed by atoms with E-state index in [1.807, 2.05) is 0 Å². The van der Waals surface area contributed by atoms with Crippen LogP contribution in [0.5, 0.6) is 0 Å². The second-order valence-corrected chi connectivity index (χ2v) is 7.33. The van der Waals surface area contributed by atoms with Gasteiger partial charge >= 0.3 is 0 Å². The molecule has 0 aromatic carbocycles. The van der Waals surface area contributed by atoms with Crippen molar-refractivity contribution in [3.8, 4) is 0 Å². The molecule has 1 aliphatic carbocycles. The van der Waals surface area contributed by atoms with Crippen molar-refractivity contribution in [2.75, 3.05) is 33.2 Å². The van der Waals surface area contributed by atoms with Crippen molar-refractivity contribution in [3.63, 3.8) is 0 Å². The third kappa shape index (κ3) is 4.27. The van der Waals surface area contributed by atoms with Gasteiger partial charge < -0.3 is 9.42 Å². The van der Waals surface area contributed by atoms with Crippen molar-refractivity contribution in [2.24, 2.45) is 11.8 Å². The van der Waals surface area contributed by atoms with E-state index in [1.54, 1.807) is 0 Å². The zero-order valence-electron chi connectivity index (χ0n) is 13.6. The van der Waals surface area contributed by atoms with Crippen LogP contribution in [-0.4, -0.2) is 53.2 Å². The van der Waals surface area contributed by atoms with Gasteiger partial charge in [0, 0.05) is 25.6 Å². The molecule has 1 atom stereocenters. The van der Waals surface area contributed by atoms with Crippen LogP contribution in [0.1, 0.15) is 50.7 Å². The van der Waals surface area contributed by atoms with Gasteiger partial charge in [0.15, 0.2) is 5.82 Å². The molecule has 0 spiro atoms. The summed E-state index contributed by atoms with van der Waals surface area (Å²) in [7, 11) is 2.16. The molecule has 0 N–H and O–H groups in total. The van der Waals surface area contributed by atoms with Crippen LogP contribution in [0.3, 0.4) is 0 Å². The third-order valence-electron chi connectivity index (χ3n) is 4.39. The van der Waals surface area contributed by atoms with Gasteiger partial charge in [-0.3, -0.25) is 4.90 Å². The first kappa shape index (κ1) is 15.0. The Labute approximate surface area is 127 Å². The zero-order chi connectivity index (χ0) is 14.8. The highest BCUT2D eigenvalue weighted by atomic mass is 16.5. The van der Waals surface area contributed by atoms with Crippen molar-refractivity contribution < 1.29 is 4.52 Å². The van der Waals surface area contributed by atoms with Crippen LogP contribution in [0, 0.1) is 11.8 Å². The smallest absolute Gasteiger partial charge is 0.240 e. The molecule has 0 radical (unpaired) electrons. The first-order chi connectivity index (χ1) is 10.1. The maximum atomic E-state index is 5.36. The zero-order valence-corrected chi connectivity index (χ0v) is 13.6. The largest absolute Gasteiger partial charge is 0.338 e. The van der Waals surface area contributed by atoms with E-state index in [1.165, 1.54) is 38.9 Å². The third-order valence-corrected chi connectivity index (χ3v) is 4.39. The summed E-state index contributed by atoms with van der Waals surface area (Å²) < 4.78 is 5.36. The Morgan fingerprint density at radius 2 is 2.14 bits per heavy atom. The highest BCUT2D eigenvalue weighted by Gasteiger charge is 2.29. The fourth-order valence-corrected chi connectivity index (χ4v) is 3.32. The Balaban J connectivity index is 1.42. The molecule has 2 fully saturated rings. The second kappa shape index (κ2) is 6.44. The number of nitrogens with zero attached hydrogens (tertiary/aromatic N) is 4. The fourth-order valence-electron chi connectivity index (χ4n) is 3.32. The molecule has 1 saturated carbocycles. The summed E-state index contributed by atoms with van der Waals surface area (Å²) in [6.07, 6.45) is 3.76. The summed E-state index contributed by atoms with van der Waals surface area (Å²) in [5.74, 6) is 3.81. The Bertz CT molecular complexity index is 455. The molecule has 1 saturated heterocycles. The molecule has 1 aliphatic heterocycles. The Hall–Kier alpha value is -0.940. The van der Waals surface area contributed by atoms with Crippen LogP contribution < -0.4 is 0 Å². The van der Waals surface area contributed by atoms with E-state index >= 15 is 0 Å². The minimum absolute atomic E-state index is 0.576. The maximum absolute atomic E-state index is 5.36. The molecule has 1 aromatic heterocycles. The molecular weight excluding hydrogens is 264 g/mol. The lowest BCUT2D eigenvalue weighted by atomic mass is 10.1. The second-order valence-electron chi connectivity index (χ2n) is 7.33. The van der Waals surface area contributed by atoms with Gasteiger partial charge in [-0.15, -0.1) is 0 Å². The van der Waals surface area contributed by atoms with Crippen molar-refractivity contribution in [1.29, 1.82) is 0 Å². The average Bonchev–Trinajstić information content (AvgIpc) is 3.02. The van der Waals surface area contributed by atoms with Crippen LogP contribution in [0.4, 0.5) is 0 Å². The minimum Gasteiger partial charge on any atom is -0.338 e. The van der Waals surface area contributed by atoms with E-state index in [9.17, 15) is 0 Å². The van der Waals surface area contributed by atoms with Gasteiger partial charge in [0.1, 0.15) is 0 Å². The predicted molar refractivity (Wildman–Crippen MR) is 82.0 cm³/mol. The predicted octanol–water partition coefficient (Wildman–Crippen LogP) is 2.36. The van der Waals surface area contributed by atoms with E-state index in [0.29, 0.717) is 5.92 Å². The van der Waals surface area contributed by atoms with E-state index in [2.05, 4.69) is 40.8 Å². The van der Waals surface area contributed by atoms with E-state index in [4.69, 9.17) is 4.52 Å². The average molecular weight is 292 g/mol. The monoisotopic (exact) mass is 292 g/mol. The van der Waals surface area contributed by atoms with E-state index in [-0.39, 0.29) is 0 Å². The quantitative estimate of drug-likeness (QED) is 0.772. The molecule has 21 heavy (non-hydrogen) atoms. The summed E-state index contributed by atoms with van der Waals surface area (Å²) in [6, 6.07) is 0. The van der Waals surface area contributed by atoms with Gasteiger partial charge in [-0.2, -0.15) is 4.98 Å². The first-order valence-corrected chi connectivity index (χ1v) is 8.33. The van der Waals surface area contributed by atoms with Crippen molar-refractivity contribution in [3.05, 3.63) is 11.7 Å². The van der Waals surface area contributed by atoms with Gasteiger partial charge in [-0.25, -0.2) is 0 Å². The summed E-state index contributed by atoms with van der Waals surface area (Å²) in [5, 5.41) is 4.09. The highest BCUT2D eigenvalue weighted by Crippen LogP contribution is 2.38. The van der Waals surface area contributed by atoms with Gasteiger partial charge in [0.2, 0.25) is 5.89 Å². The van der Waals surface area contributed by atoms with Gasteiger partial charge in [0.05, 0.1) is 6.54 Å². The van der Waals surface area contributed by atoms with Gasteiger partial charge in [-0.1, -0.05) is 19.0 Å². The van der Waals surface area contributed by atoms with Crippen LogP contribution in [0.25, 0.3) is 0 Å². The number of hydrogen-bond acceptors (Lipinski definition) is 5. The van der Waals surface area contributed by atoms with Crippen molar-refractivity contribution in [2.45, 2.75) is 45.6 Å². The van der Waals surface area contributed by atoms with E-state index < -0.39 is 0 Å². The number of aromatic nitrogens is 2. The molecule has 0 amide bonds. The summed E-state index contributed by atoms with van der Waals surface area (Å²) in [4.78, 5) is 9.44. The topological polar surface area (TPSA) is 45.4 Å². The molecule has 2 aliphatic rings. The van der Waals surface area contributed by atoms with Crippen molar-refractivity contribution in [1.82, 2.24) is 19.9 Å². The lowest BCUT2D eigenvalue weighted by Gasteiger charge is -2.21. The Kier molecular flexibility index (Phi) is 4.60. The van der Waals surface area contributed by atoms with E-state index in [0.717, 1.165) is 36.6 Å². The SMILES string of the molecule is CC(C)CN1CC[C@@H](CN(C)Cc2nc(C3CC3)no2)C1. The minimum atomic E-state index is 0.576. The maximum Gasteiger partial charge on any atom is 0.240 e. The lowest BCUT2D eigenvalue weighted by molar-refractivity contribution is 0.224. The summed E-state index contributed by atoms with van der Waals surface area (Å²) >= 11 is 0. The molecule has 118 valence electrons. The van der Waals surface area contributed by atoms with Crippen molar-refractivity contribution >= 4 is 0 Å². The number of likely N-dealkylation sites (tertiary alicyclic amines) is 1. The summed E-state index contributed by atoms with van der Waals surface area (Å²) in [6.45, 7) is 10.2. The number of rotatable bonds is 7. The van der Waals surface area contributed by atoms with Crippen LogP contribution in [0.2, 0.25) is 0 Å². The van der Waals surface area contributed by atoms with Crippen LogP contribution in [0.15, 0.2) is 4.52 Å². The standard InChI is InChI=1S/C16H28N4O/c1-12(2)8-20-7-6-13(10-20)9-19(3)11-15-17-16(18-21-15)14-4-5-14/h12-14H,4-11H2,1-3H3/t13-/m0/s1. The molecule has 3 rings (SSSR count). The number of hydrogen-bond donors (Lipinski definition) is 0. The Morgan fingerprint density at radius 3 is 2.86 bits per heavy atom. The Morgan fingerprint density at radius 1 is 1.33 bits per heavy atom. The fraction of sp³-hybridized carbons (Fsp3) is 0.875. The van der Waals surface area contributed by atoms with Gasteiger partial charge in [-0.05, 0) is 44.7 Å². The molecular formula is C16H28N4O. The lowest BCUT2D eigenvalue weighted by Crippen LogP contribution is -2.29. The molecule has 0 unspecified atom stereocenters. The molecule has 2 heterocycles. The van der Waals surface area contributed by atoms with Crippen LogP contribution >= 0.6 is 0 Å². The molecule has 0 bridgehead atoms. The molecule has 5 heteroatoms. The first-order valence-electron chi connectivity index (χ1n) is 8.33. The summed E-state index contributed by atoms with van der Waals surface area (Å²) in [5.41, 5.74) is 0. The normalized spacial score (nSPS) is 23.6. The highest BCUT2D eigenvalue weighted by molar-refractivity contribution is 5.03. The van der Waals surface area contributed by atoms with Crippen LogP contribution in [-0.2, 0) is 6.54 Å². The molecule has 1 aromatic rings. The molecule has 5 nitrogen and oxygen atoms in total. The van der Waals surface area contributed by atoms with Gasteiger partial charge in [0.25, 0.3) is 0 Å².